The van der Waals surface area contributed by atoms with Gasteiger partial charge < -0.3 is 19.9 Å². The van der Waals surface area contributed by atoms with Gasteiger partial charge in [-0.05, 0) is 24.3 Å². The molecule has 0 spiro atoms. The predicted octanol–water partition coefficient (Wildman–Crippen LogP) is 0.571. The Bertz CT molecular complexity index is 695. The van der Waals surface area contributed by atoms with E-state index in [1.54, 1.807) is 6.07 Å². The Balaban J connectivity index is 1.80. The Morgan fingerprint density at radius 3 is 2.77 bits per heavy atom. The van der Waals surface area contributed by atoms with Gasteiger partial charge in [-0.3, -0.25) is 9.59 Å². The lowest BCUT2D eigenvalue weighted by molar-refractivity contribution is -0.120. The second-order valence-corrected chi connectivity index (χ2v) is 4.20. The number of benzene rings is 1. The summed E-state index contributed by atoms with van der Waals surface area (Å²) < 4.78 is 4.87. The first-order chi connectivity index (χ1) is 10.6. The maximum atomic E-state index is 11.5. The van der Waals surface area contributed by atoms with E-state index in [0.717, 1.165) is 6.07 Å². The van der Waals surface area contributed by atoms with Crippen LogP contribution in [0.1, 0.15) is 16.1 Å². The Morgan fingerprint density at radius 1 is 1.27 bits per heavy atom. The van der Waals surface area contributed by atoms with E-state index in [1.807, 2.05) is 0 Å². The van der Waals surface area contributed by atoms with Crippen molar-refractivity contribution in [2.24, 2.45) is 5.10 Å². The number of nitrogens with one attached hydrogen (secondary N) is 2. The van der Waals surface area contributed by atoms with Crippen LogP contribution in [-0.4, -0.2) is 34.8 Å². The molecule has 4 N–H and O–H groups in total. The number of hydrazone groups is 1. The molecule has 0 radical (unpaired) electrons. The number of amides is 2. The number of furan rings is 1. The van der Waals surface area contributed by atoms with Crippen LogP contribution in [0.5, 0.6) is 11.5 Å². The van der Waals surface area contributed by atoms with Crippen molar-refractivity contribution in [1.29, 1.82) is 0 Å². The van der Waals surface area contributed by atoms with Gasteiger partial charge in [0.15, 0.2) is 5.76 Å². The summed E-state index contributed by atoms with van der Waals surface area (Å²) in [4.78, 5) is 23.0. The molecule has 1 aromatic carbocycles. The first-order valence-electron chi connectivity index (χ1n) is 6.22. The lowest BCUT2D eigenvalue weighted by Gasteiger charge is -2.02. The van der Waals surface area contributed by atoms with E-state index >= 15 is 0 Å². The van der Waals surface area contributed by atoms with Gasteiger partial charge in [-0.2, -0.15) is 5.10 Å². The zero-order valence-electron chi connectivity index (χ0n) is 11.3. The van der Waals surface area contributed by atoms with Crippen LogP contribution >= 0.6 is 0 Å². The van der Waals surface area contributed by atoms with Crippen molar-refractivity contribution in [2.45, 2.75) is 0 Å². The lowest BCUT2D eigenvalue weighted by Crippen LogP contribution is -2.34. The van der Waals surface area contributed by atoms with E-state index in [1.165, 1.54) is 30.7 Å². The second-order valence-electron chi connectivity index (χ2n) is 4.20. The van der Waals surface area contributed by atoms with E-state index in [4.69, 9.17) is 9.52 Å². The molecule has 0 atom stereocenters. The Hall–Kier alpha value is -3.29. The number of phenolic OH excluding ortho intramolecular Hbond substituents is 2. The number of hydrogen-bond acceptors (Lipinski definition) is 6. The molecule has 2 amide bonds. The highest BCUT2D eigenvalue weighted by Gasteiger charge is 2.09. The summed E-state index contributed by atoms with van der Waals surface area (Å²) in [6.07, 6.45) is 2.56. The largest absolute Gasteiger partial charge is 0.508 e. The van der Waals surface area contributed by atoms with E-state index in [-0.39, 0.29) is 23.8 Å². The van der Waals surface area contributed by atoms with Gasteiger partial charge in [0.05, 0.1) is 19.0 Å². The molecule has 0 saturated carbocycles. The van der Waals surface area contributed by atoms with Crippen LogP contribution in [-0.2, 0) is 4.79 Å². The molecule has 1 aromatic heterocycles. The molecule has 0 bridgehead atoms. The molecule has 22 heavy (non-hydrogen) atoms. The average Bonchev–Trinajstić information content (AvgIpc) is 3.01. The van der Waals surface area contributed by atoms with Crippen LogP contribution in [0.3, 0.4) is 0 Å². The third-order valence-corrected chi connectivity index (χ3v) is 2.56. The van der Waals surface area contributed by atoms with Crippen molar-refractivity contribution >= 4 is 18.0 Å². The van der Waals surface area contributed by atoms with E-state index in [9.17, 15) is 14.7 Å². The fourth-order valence-corrected chi connectivity index (χ4v) is 1.51. The van der Waals surface area contributed by atoms with Crippen molar-refractivity contribution < 1.29 is 24.2 Å². The molecule has 8 heteroatoms. The minimum absolute atomic E-state index is 0.0840. The van der Waals surface area contributed by atoms with Gasteiger partial charge in [-0.1, -0.05) is 0 Å². The highest BCUT2D eigenvalue weighted by molar-refractivity contribution is 5.94. The third-order valence-electron chi connectivity index (χ3n) is 2.56. The lowest BCUT2D eigenvalue weighted by atomic mass is 10.2. The predicted molar refractivity (Wildman–Crippen MR) is 76.5 cm³/mol. The monoisotopic (exact) mass is 303 g/mol. The molecule has 0 aliphatic rings. The zero-order chi connectivity index (χ0) is 15.9. The molecule has 0 fully saturated rings. The molecule has 0 saturated heterocycles. The van der Waals surface area contributed by atoms with Gasteiger partial charge in [-0.15, -0.1) is 0 Å². The molecule has 114 valence electrons. The van der Waals surface area contributed by atoms with Crippen LogP contribution in [0, 0.1) is 0 Å². The van der Waals surface area contributed by atoms with Crippen molar-refractivity contribution in [2.75, 3.05) is 6.54 Å². The van der Waals surface area contributed by atoms with Gasteiger partial charge in [0.25, 0.3) is 11.8 Å². The van der Waals surface area contributed by atoms with Crippen LogP contribution in [0.2, 0.25) is 0 Å². The molecular formula is C14H13N3O5. The number of carbonyl (C=O) groups excluding carboxylic acids is 2. The summed E-state index contributed by atoms with van der Waals surface area (Å²) >= 11 is 0. The molecule has 2 rings (SSSR count). The number of phenols is 2. The first kappa shape index (κ1) is 15.1. The van der Waals surface area contributed by atoms with Crippen molar-refractivity contribution in [3.05, 3.63) is 47.9 Å². The molecular weight excluding hydrogens is 290 g/mol. The van der Waals surface area contributed by atoms with Gasteiger partial charge in [0.1, 0.15) is 11.5 Å². The highest BCUT2D eigenvalue weighted by atomic mass is 16.3. The van der Waals surface area contributed by atoms with Crippen LogP contribution in [0.4, 0.5) is 0 Å². The first-order valence-corrected chi connectivity index (χ1v) is 6.22. The number of aromatic hydroxyl groups is 2. The highest BCUT2D eigenvalue weighted by Crippen LogP contribution is 2.20. The normalized spacial score (nSPS) is 10.5. The van der Waals surface area contributed by atoms with Gasteiger partial charge in [0, 0.05) is 11.6 Å². The zero-order valence-corrected chi connectivity index (χ0v) is 11.3. The van der Waals surface area contributed by atoms with E-state index in [0.29, 0.717) is 5.56 Å². The van der Waals surface area contributed by atoms with Crippen molar-refractivity contribution in [3.8, 4) is 11.5 Å². The van der Waals surface area contributed by atoms with Crippen LogP contribution < -0.4 is 10.7 Å². The van der Waals surface area contributed by atoms with Crippen LogP contribution in [0.25, 0.3) is 0 Å². The molecule has 0 aliphatic heterocycles. The van der Waals surface area contributed by atoms with Gasteiger partial charge >= 0.3 is 0 Å². The third kappa shape index (κ3) is 4.10. The molecule has 1 heterocycles. The summed E-state index contributed by atoms with van der Waals surface area (Å²) in [7, 11) is 0. The number of nitrogens with zero attached hydrogens (tertiary/aromatic N) is 1. The van der Waals surface area contributed by atoms with Gasteiger partial charge in [-0.25, -0.2) is 5.43 Å². The minimum atomic E-state index is -0.547. The molecule has 8 nitrogen and oxygen atoms in total. The Kier molecular flexibility index (Phi) is 4.76. The maximum Gasteiger partial charge on any atom is 0.287 e. The Labute approximate surface area is 125 Å². The summed E-state index contributed by atoms with van der Waals surface area (Å²) in [6.45, 7) is -0.279. The maximum absolute atomic E-state index is 11.5. The summed E-state index contributed by atoms with van der Waals surface area (Å²) in [5, 5.41) is 24.6. The van der Waals surface area contributed by atoms with E-state index in [2.05, 4.69) is 15.8 Å². The standard InChI is InChI=1S/C14H13N3O5/c18-10-4-3-9(11(19)6-10)7-16-17-13(20)8-15-14(21)12-2-1-5-22-12/h1-7,18-19H,8H2,(H,15,21)(H,17,20)/b16-7+. The smallest absolute Gasteiger partial charge is 0.287 e. The number of rotatable bonds is 5. The SMILES string of the molecule is O=C(CNC(=O)c1ccco1)N/N=C/c1ccc(O)cc1O. The molecule has 0 aliphatic carbocycles. The van der Waals surface area contributed by atoms with Crippen LogP contribution in [0.15, 0.2) is 46.1 Å². The quantitative estimate of drug-likeness (QED) is 0.475. The second kappa shape index (κ2) is 6.93. The molecule has 2 aromatic rings. The number of carbonyl (C=O) groups is 2. The summed E-state index contributed by atoms with van der Waals surface area (Å²) in [5.74, 6) is -1.22. The molecule has 0 unspecified atom stereocenters. The van der Waals surface area contributed by atoms with Gasteiger partial charge in [0.2, 0.25) is 0 Å². The van der Waals surface area contributed by atoms with E-state index < -0.39 is 11.8 Å². The fraction of sp³-hybridized carbons (Fsp3) is 0.0714. The summed E-state index contributed by atoms with van der Waals surface area (Å²) in [6, 6.07) is 6.97. The van der Waals surface area contributed by atoms with Crippen molar-refractivity contribution in [1.82, 2.24) is 10.7 Å². The average molecular weight is 303 g/mol. The summed E-state index contributed by atoms with van der Waals surface area (Å²) in [5.41, 5.74) is 2.50. The number of hydrogen-bond donors (Lipinski definition) is 4. The van der Waals surface area contributed by atoms with Crippen molar-refractivity contribution in [3.63, 3.8) is 0 Å². The minimum Gasteiger partial charge on any atom is -0.508 e. The topological polar surface area (TPSA) is 124 Å². The Morgan fingerprint density at radius 2 is 2.09 bits per heavy atom. The fourth-order valence-electron chi connectivity index (χ4n) is 1.51.